The molecule has 2 N–H and O–H groups in total. The Hall–Kier alpha value is -2.10. The molecule has 0 bridgehead atoms. The molecule has 1 heterocycles. The van der Waals surface area contributed by atoms with Crippen LogP contribution in [0.3, 0.4) is 0 Å². The molecule has 1 amide bonds. The van der Waals surface area contributed by atoms with Crippen LogP contribution in [0.15, 0.2) is 34.8 Å². The summed E-state index contributed by atoms with van der Waals surface area (Å²) in [5.74, 6) is 0.0472. The zero-order valence-electron chi connectivity index (χ0n) is 10.9. The van der Waals surface area contributed by atoms with Crippen LogP contribution in [-0.4, -0.2) is 17.9 Å². The Balaban J connectivity index is 2.35. The topological polar surface area (TPSA) is 77.8 Å². The minimum Gasteiger partial charge on any atom is -0.373 e. The monoisotopic (exact) mass is 364 g/mol. The SMILES string of the molecule is CNc1ccc(Cl)c(C(=O)Nc2cc(Br)ccc2C#N)n1. The average molecular weight is 366 g/mol. The lowest BCUT2D eigenvalue weighted by atomic mass is 10.2. The van der Waals surface area contributed by atoms with Crippen molar-refractivity contribution in [2.75, 3.05) is 17.7 Å². The van der Waals surface area contributed by atoms with Gasteiger partial charge in [-0.15, -0.1) is 0 Å². The Morgan fingerprint density at radius 3 is 2.81 bits per heavy atom. The second-order valence-corrected chi connectivity index (χ2v) is 5.36. The summed E-state index contributed by atoms with van der Waals surface area (Å²) in [5.41, 5.74) is 0.837. The van der Waals surface area contributed by atoms with Gasteiger partial charge >= 0.3 is 0 Å². The van der Waals surface area contributed by atoms with Gasteiger partial charge < -0.3 is 10.6 Å². The Morgan fingerprint density at radius 2 is 2.14 bits per heavy atom. The quantitative estimate of drug-likeness (QED) is 0.870. The highest BCUT2D eigenvalue weighted by Crippen LogP contribution is 2.23. The molecule has 0 aliphatic rings. The first-order chi connectivity index (χ1) is 10.0. The fourth-order valence-corrected chi connectivity index (χ4v) is 2.19. The van der Waals surface area contributed by atoms with Crippen LogP contribution in [0.1, 0.15) is 16.1 Å². The van der Waals surface area contributed by atoms with Crippen LogP contribution in [-0.2, 0) is 0 Å². The number of aromatic nitrogens is 1. The highest BCUT2D eigenvalue weighted by molar-refractivity contribution is 9.10. The van der Waals surface area contributed by atoms with Crippen molar-refractivity contribution in [1.29, 1.82) is 5.26 Å². The third-order valence-electron chi connectivity index (χ3n) is 2.67. The second kappa shape index (κ2) is 6.57. The van der Waals surface area contributed by atoms with E-state index in [1.807, 2.05) is 6.07 Å². The zero-order chi connectivity index (χ0) is 15.4. The maximum atomic E-state index is 12.3. The summed E-state index contributed by atoms with van der Waals surface area (Å²) in [5, 5.41) is 14.8. The van der Waals surface area contributed by atoms with E-state index in [0.29, 0.717) is 17.1 Å². The van der Waals surface area contributed by atoms with E-state index in [9.17, 15) is 4.79 Å². The summed E-state index contributed by atoms with van der Waals surface area (Å²) in [6.45, 7) is 0. The Labute approximate surface area is 135 Å². The fourth-order valence-electron chi connectivity index (χ4n) is 1.64. The molecule has 7 heteroatoms. The van der Waals surface area contributed by atoms with Crippen LogP contribution in [0, 0.1) is 11.3 Å². The number of hydrogen-bond acceptors (Lipinski definition) is 4. The molecular weight excluding hydrogens is 356 g/mol. The van der Waals surface area contributed by atoms with E-state index in [4.69, 9.17) is 16.9 Å². The van der Waals surface area contributed by atoms with Crippen LogP contribution in [0.5, 0.6) is 0 Å². The standard InChI is InChI=1S/C14H10BrClN4O/c1-18-12-5-4-10(16)13(20-12)14(21)19-11-6-9(15)3-2-8(11)7-17/h2-6H,1H3,(H,18,20)(H,19,21). The number of carbonyl (C=O) groups excluding carboxylic acids is 1. The van der Waals surface area contributed by atoms with Crippen LogP contribution >= 0.6 is 27.5 Å². The zero-order valence-corrected chi connectivity index (χ0v) is 13.3. The molecule has 0 saturated heterocycles. The lowest BCUT2D eigenvalue weighted by Gasteiger charge is -2.09. The molecule has 106 valence electrons. The fraction of sp³-hybridized carbons (Fsp3) is 0.0714. The minimum atomic E-state index is -0.480. The molecule has 5 nitrogen and oxygen atoms in total. The number of hydrogen-bond donors (Lipinski definition) is 2. The first-order valence-electron chi connectivity index (χ1n) is 5.90. The van der Waals surface area contributed by atoms with Crippen molar-refractivity contribution in [2.24, 2.45) is 0 Å². The lowest BCUT2D eigenvalue weighted by Crippen LogP contribution is -2.16. The van der Waals surface area contributed by atoms with Crippen molar-refractivity contribution in [1.82, 2.24) is 4.98 Å². The largest absolute Gasteiger partial charge is 0.373 e. The number of nitrogens with one attached hydrogen (secondary N) is 2. The van der Waals surface area contributed by atoms with Gasteiger partial charge in [0.05, 0.1) is 16.3 Å². The molecule has 0 atom stereocenters. The van der Waals surface area contributed by atoms with Gasteiger partial charge in [0.25, 0.3) is 5.91 Å². The van der Waals surface area contributed by atoms with E-state index in [2.05, 4.69) is 31.5 Å². The summed E-state index contributed by atoms with van der Waals surface area (Å²) in [7, 11) is 1.69. The predicted octanol–water partition coefficient (Wildman–Crippen LogP) is 3.66. The van der Waals surface area contributed by atoms with Crippen LogP contribution < -0.4 is 10.6 Å². The molecule has 0 saturated carbocycles. The molecule has 1 aromatic carbocycles. The summed E-state index contributed by atoms with van der Waals surface area (Å²) in [4.78, 5) is 16.4. The average Bonchev–Trinajstić information content (AvgIpc) is 2.48. The normalized spacial score (nSPS) is 9.81. The molecule has 0 aliphatic heterocycles. The Kier molecular flexibility index (Phi) is 4.78. The first-order valence-corrected chi connectivity index (χ1v) is 7.07. The van der Waals surface area contributed by atoms with Crippen molar-refractivity contribution in [3.8, 4) is 6.07 Å². The number of nitriles is 1. The third kappa shape index (κ3) is 3.51. The maximum Gasteiger partial charge on any atom is 0.275 e. The van der Waals surface area contributed by atoms with Crippen molar-refractivity contribution in [3.05, 3.63) is 51.1 Å². The van der Waals surface area contributed by atoms with E-state index in [-0.39, 0.29) is 10.7 Å². The van der Waals surface area contributed by atoms with Gasteiger partial charge in [0.1, 0.15) is 17.6 Å². The van der Waals surface area contributed by atoms with Crippen molar-refractivity contribution >= 4 is 44.9 Å². The molecule has 0 unspecified atom stereocenters. The van der Waals surface area contributed by atoms with Gasteiger partial charge in [-0.3, -0.25) is 4.79 Å². The number of pyridine rings is 1. The van der Waals surface area contributed by atoms with Crippen molar-refractivity contribution in [3.63, 3.8) is 0 Å². The Morgan fingerprint density at radius 1 is 1.38 bits per heavy atom. The Bertz CT molecular complexity index is 742. The highest BCUT2D eigenvalue weighted by Gasteiger charge is 2.15. The van der Waals surface area contributed by atoms with Gasteiger partial charge in [-0.05, 0) is 30.3 Å². The first kappa shape index (κ1) is 15.3. The molecule has 2 aromatic rings. The number of rotatable bonds is 3. The molecule has 2 rings (SSSR count). The van der Waals surface area contributed by atoms with Gasteiger partial charge in [0, 0.05) is 11.5 Å². The number of amides is 1. The van der Waals surface area contributed by atoms with Gasteiger partial charge in [-0.2, -0.15) is 5.26 Å². The number of halogens is 2. The van der Waals surface area contributed by atoms with Crippen molar-refractivity contribution in [2.45, 2.75) is 0 Å². The summed E-state index contributed by atoms with van der Waals surface area (Å²) >= 11 is 9.29. The van der Waals surface area contributed by atoms with E-state index in [1.165, 1.54) is 0 Å². The summed E-state index contributed by atoms with van der Waals surface area (Å²) in [6.07, 6.45) is 0. The molecular formula is C14H10BrClN4O. The van der Waals surface area contributed by atoms with Crippen LogP contribution in [0.25, 0.3) is 0 Å². The molecule has 0 fully saturated rings. The van der Waals surface area contributed by atoms with Gasteiger partial charge in [0.2, 0.25) is 0 Å². The van der Waals surface area contributed by atoms with Crippen molar-refractivity contribution < 1.29 is 4.79 Å². The number of benzene rings is 1. The summed E-state index contributed by atoms with van der Waals surface area (Å²) < 4.78 is 0.750. The predicted molar refractivity (Wildman–Crippen MR) is 85.6 cm³/mol. The van der Waals surface area contributed by atoms with E-state index in [0.717, 1.165) is 4.47 Å². The molecule has 21 heavy (non-hydrogen) atoms. The van der Waals surface area contributed by atoms with Gasteiger partial charge in [0.15, 0.2) is 0 Å². The smallest absolute Gasteiger partial charge is 0.275 e. The number of carbonyl (C=O) groups is 1. The van der Waals surface area contributed by atoms with E-state index < -0.39 is 5.91 Å². The number of anilines is 2. The number of nitrogens with zero attached hydrogens (tertiary/aromatic N) is 2. The highest BCUT2D eigenvalue weighted by atomic mass is 79.9. The molecule has 0 radical (unpaired) electrons. The molecule has 1 aromatic heterocycles. The van der Waals surface area contributed by atoms with Crippen LogP contribution in [0.2, 0.25) is 5.02 Å². The minimum absolute atomic E-state index is 0.0902. The summed E-state index contributed by atoms with van der Waals surface area (Å²) in [6, 6.07) is 10.2. The molecule has 0 aliphatic carbocycles. The third-order valence-corrected chi connectivity index (χ3v) is 3.47. The molecule has 0 spiro atoms. The van der Waals surface area contributed by atoms with Gasteiger partial charge in [-0.25, -0.2) is 4.98 Å². The van der Waals surface area contributed by atoms with Crippen LogP contribution in [0.4, 0.5) is 11.5 Å². The van der Waals surface area contributed by atoms with E-state index in [1.54, 1.807) is 37.4 Å². The lowest BCUT2D eigenvalue weighted by molar-refractivity contribution is 0.102. The maximum absolute atomic E-state index is 12.3. The van der Waals surface area contributed by atoms with E-state index >= 15 is 0 Å². The van der Waals surface area contributed by atoms with Gasteiger partial charge in [-0.1, -0.05) is 27.5 Å². The second-order valence-electron chi connectivity index (χ2n) is 4.03.